The van der Waals surface area contributed by atoms with E-state index in [9.17, 15) is 4.79 Å². The standard InChI is InChI=1S/C12H25NO/c1-7-9(2)10(14)11(3,4)8-12(5,6)13/h9H,7-8,13H2,1-6H3. The van der Waals surface area contributed by atoms with Crippen molar-refractivity contribution in [1.29, 1.82) is 0 Å². The Labute approximate surface area is 88.3 Å². The van der Waals surface area contributed by atoms with Gasteiger partial charge in [0.2, 0.25) is 0 Å². The first kappa shape index (κ1) is 13.6. The number of carbonyl (C=O) groups is 1. The fourth-order valence-corrected chi connectivity index (χ4v) is 2.08. The molecule has 2 nitrogen and oxygen atoms in total. The largest absolute Gasteiger partial charge is 0.326 e. The Morgan fingerprint density at radius 1 is 1.29 bits per heavy atom. The zero-order valence-electron chi connectivity index (χ0n) is 10.5. The van der Waals surface area contributed by atoms with Crippen molar-refractivity contribution in [2.75, 3.05) is 0 Å². The smallest absolute Gasteiger partial charge is 0.141 e. The second-order valence-corrected chi connectivity index (χ2v) is 5.72. The molecule has 0 aliphatic rings. The Morgan fingerprint density at radius 3 is 2.00 bits per heavy atom. The van der Waals surface area contributed by atoms with Gasteiger partial charge in [-0.2, -0.15) is 0 Å². The minimum Gasteiger partial charge on any atom is -0.326 e. The summed E-state index contributed by atoms with van der Waals surface area (Å²) >= 11 is 0. The van der Waals surface area contributed by atoms with Gasteiger partial charge in [-0.15, -0.1) is 0 Å². The highest BCUT2D eigenvalue weighted by atomic mass is 16.1. The molecule has 0 aromatic rings. The minimum atomic E-state index is -0.298. The number of rotatable bonds is 5. The van der Waals surface area contributed by atoms with E-state index in [1.54, 1.807) is 0 Å². The number of ketones is 1. The molecular weight excluding hydrogens is 174 g/mol. The van der Waals surface area contributed by atoms with Gasteiger partial charge in [0.25, 0.3) is 0 Å². The van der Waals surface area contributed by atoms with Crippen LogP contribution in [0.1, 0.15) is 54.4 Å². The summed E-state index contributed by atoms with van der Waals surface area (Å²) in [5.41, 5.74) is 5.38. The molecule has 0 aliphatic heterocycles. The molecule has 14 heavy (non-hydrogen) atoms. The van der Waals surface area contributed by atoms with Crippen LogP contribution in [0.5, 0.6) is 0 Å². The van der Waals surface area contributed by atoms with Gasteiger partial charge in [-0.25, -0.2) is 0 Å². The summed E-state index contributed by atoms with van der Waals surface area (Å²) in [6.45, 7) is 12.0. The van der Waals surface area contributed by atoms with Gasteiger partial charge in [0.1, 0.15) is 5.78 Å². The molecule has 0 radical (unpaired) electrons. The lowest BCUT2D eigenvalue weighted by atomic mass is 9.73. The first-order valence-electron chi connectivity index (χ1n) is 5.43. The molecule has 84 valence electrons. The Morgan fingerprint density at radius 2 is 1.71 bits per heavy atom. The van der Waals surface area contributed by atoms with E-state index in [-0.39, 0.29) is 16.9 Å². The van der Waals surface area contributed by atoms with Crippen molar-refractivity contribution in [3.05, 3.63) is 0 Å². The van der Waals surface area contributed by atoms with Crippen LogP contribution in [-0.2, 0) is 4.79 Å². The fraction of sp³-hybridized carbons (Fsp3) is 0.917. The molecule has 1 atom stereocenters. The molecule has 0 amide bonds. The highest BCUT2D eigenvalue weighted by Gasteiger charge is 2.34. The van der Waals surface area contributed by atoms with Crippen molar-refractivity contribution < 1.29 is 4.79 Å². The number of carbonyl (C=O) groups excluding carboxylic acids is 1. The lowest BCUT2D eigenvalue weighted by Crippen LogP contribution is -2.42. The zero-order valence-corrected chi connectivity index (χ0v) is 10.5. The quantitative estimate of drug-likeness (QED) is 0.740. The predicted octanol–water partition coefficient (Wildman–Crippen LogP) is 2.76. The van der Waals surface area contributed by atoms with E-state index in [1.807, 2.05) is 41.5 Å². The molecule has 2 N–H and O–H groups in total. The zero-order chi connectivity index (χ0) is 11.6. The SMILES string of the molecule is CCC(C)C(=O)C(C)(C)CC(C)(C)N. The first-order valence-corrected chi connectivity index (χ1v) is 5.43. The third kappa shape index (κ3) is 4.23. The molecular formula is C12H25NO. The maximum absolute atomic E-state index is 12.0. The van der Waals surface area contributed by atoms with E-state index in [2.05, 4.69) is 0 Å². The minimum absolute atomic E-state index is 0.146. The number of nitrogens with two attached hydrogens (primary N) is 1. The van der Waals surface area contributed by atoms with Crippen LogP contribution >= 0.6 is 0 Å². The highest BCUT2D eigenvalue weighted by Crippen LogP contribution is 2.31. The lowest BCUT2D eigenvalue weighted by Gasteiger charge is -2.32. The maximum Gasteiger partial charge on any atom is 0.141 e. The molecule has 2 heteroatoms. The third-order valence-corrected chi connectivity index (χ3v) is 2.62. The van der Waals surface area contributed by atoms with E-state index in [0.717, 1.165) is 12.8 Å². The Hall–Kier alpha value is -0.370. The van der Waals surface area contributed by atoms with Crippen LogP contribution in [0.4, 0.5) is 0 Å². The number of hydrogen-bond donors (Lipinski definition) is 1. The van der Waals surface area contributed by atoms with Crippen molar-refractivity contribution in [1.82, 2.24) is 0 Å². The predicted molar refractivity (Wildman–Crippen MR) is 61.1 cm³/mol. The normalized spacial score (nSPS) is 15.4. The van der Waals surface area contributed by atoms with Gasteiger partial charge in [0.05, 0.1) is 0 Å². The average molecular weight is 199 g/mol. The van der Waals surface area contributed by atoms with Crippen LogP contribution in [0.25, 0.3) is 0 Å². The van der Waals surface area contributed by atoms with Crippen LogP contribution in [0.3, 0.4) is 0 Å². The molecule has 0 heterocycles. The number of hydrogen-bond acceptors (Lipinski definition) is 2. The van der Waals surface area contributed by atoms with Gasteiger partial charge < -0.3 is 5.73 Å². The van der Waals surface area contributed by atoms with Crippen molar-refractivity contribution >= 4 is 5.78 Å². The van der Waals surface area contributed by atoms with Crippen molar-refractivity contribution in [3.63, 3.8) is 0 Å². The highest BCUT2D eigenvalue weighted by molar-refractivity contribution is 5.86. The fourth-order valence-electron chi connectivity index (χ4n) is 2.08. The van der Waals surface area contributed by atoms with Crippen LogP contribution < -0.4 is 5.73 Å². The van der Waals surface area contributed by atoms with Crippen LogP contribution in [-0.4, -0.2) is 11.3 Å². The van der Waals surface area contributed by atoms with Gasteiger partial charge in [0.15, 0.2) is 0 Å². The summed E-state index contributed by atoms with van der Waals surface area (Å²) in [4.78, 5) is 12.0. The van der Waals surface area contributed by atoms with E-state index >= 15 is 0 Å². The molecule has 0 rings (SSSR count). The molecule has 0 aliphatic carbocycles. The molecule has 0 aromatic heterocycles. The summed E-state index contributed by atoms with van der Waals surface area (Å²) < 4.78 is 0. The van der Waals surface area contributed by atoms with Crippen LogP contribution in [0.15, 0.2) is 0 Å². The lowest BCUT2D eigenvalue weighted by molar-refractivity contribution is -0.131. The van der Waals surface area contributed by atoms with Crippen LogP contribution in [0.2, 0.25) is 0 Å². The molecule has 0 bridgehead atoms. The van der Waals surface area contributed by atoms with Gasteiger partial charge in [-0.3, -0.25) is 4.79 Å². The summed E-state index contributed by atoms with van der Waals surface area (Å²) in [7, 11) is 0. The van der Waals surface area contributed by atoms with Crippen molar-refractivity contribution in [3.8, 4) is 0 Å². The van der Waals surface area contributed by atoms with Gasteiger partial charge in [-0.1, -0.05) is 27.7 Å². The second-order valence-electron chi connectivity index (χ2n) is 5.72. The van der Waals surface area contributed by atoms with E-state index in [1.165, 1.54) is 0 Å². The summed E-state index contributed by atoms with van der Waals surface area (Å²) in [6.07, 6.45) is 1.65. The molecule has 0 saturated carbocycles. The Balaban J connectivity index is 4.54. The van der Waals surface area contributed by atoms with E-state index < -0.39 is 0 Å². The summed E-state index contributed by atoms with van der Waals surface area (Å²) in [5, 5.41) is 0. The van der Waals surface area contributed by atoms with Gasteiger partial charge >= 0.3 is 0 Å². The van der Waals surface area contributed by atoms with E-state index in [0.29, 0.717) is 5.78 Å². The second kappa shape index (κ2) is 4.43. The molecule has 1 unspecified atom stereocenters. The van der Waals surface area contributed by atoms with Crippen molar-refractivity contribution in [2.45, 2.75) is 59.9 Å². The van der Waals surface area contributed by atoms with Gasteiger partial charge in [-0.05, 0) is 26.7 Å². The average Bonchev–Trinajstić information content (AvgIpc) is 1.97. The van der Waals surface area contributed by atoms with Gasteiger partial charge in [0, 0.05) is 16.9 Å². The Bertz CT molecular complexity index is 201. The first-order chi connectivity index (χ1) is 6.10. The summed E-state index contributed by atoms with van der Waals surface area (Å²) in [6, 6.07) is 0. The molecule has 0 spiro atoms. The molecule has 0 saturated heterocycles. The van der Waals surface area contributed by atoms with Crippen LogP contribution in [0, 0.1) is 11.3 Å². The topological polar surface area (TPSA) is 43.1 Å². The van der Waals surface area contributed by atoms with E-state index in [4.69, 9.17) is 5.73 Å². The van der Waals surface area contributed by atoms with Crippen molar-refractivity contribution in [2.24, 2.45) is 17.1 Å². The monoisotopic (exact) mass is 199 g/mol. The maximum atomic E-state index is 12.0. The molecule has 0 fully saturated rings. The third-order valence-electron chi connectivity index (χ3n) is 2.62. The molecule has 0 aromatic carbocycles. The summed E-state index contributed by atoms with van der Waals surface area (Å²) in [5.74, 6) is 0.478. The number of Topliss-reactive ketones (excluding diaryl/α,β-unsaturated/α-hetero) is 1. The Kier molecular flexibility index (Phi) is 4.32.